The van der Waals surface area contributed by atoms with E-state index in [4.69, 9.17) is 34.3 Å². The van der Waals surface area contributed by atoms with Crippen LogP contribution in [0.25, 0.3) is 0 Å². The zero-order valence-corrected chi connectivity index (χ0v) is 12.2. The van der Waals surface area contributed by atoms with Gasteiger partial charge in [-0.05, 0) is 6.42 Å². The second-order valence-corrected chi connectivity index (χ2v) is 12.4. The zero-order valence-electron chi connectivity index (χ0n) is 8.98. The largest absolute Gasteiger partial charge is 0.120 e. The molecule has 0 radical (unpaired) electrons. The van der Waals surface area contributed by atoms with Crippen LogP contribution in [0.2, 0.25) is 0 Å². The topological polar surface area (TPSA) is 0 Å². The van der Waals surface area contributed by atoms with E-state index in [1.165, 1.54) is 44.9 Å². The fourth-order valence-electron chi connectivity index (χ4n) is 1.43. The Morgan fingerprint density at radius 3 is 1.71 bits per heavy atom. The van der Waals surface area contributed by atoms with E-state index in [1.807, 2.05) is 0 Å². The molecule has 0 amide bonds. The monoisotopic (exact) mass is 274 g/mol. The van der Waals surface area contributed by atoms with Gasteiger partial charge in [0.05, 0.1) is 0 Å². The highest BCUT2D eigenvalue weighted by Crippen LogP contribution is 2.57. The highest BCUT2D eigenvalue weighted by Gasteiger charge is 2.06. The number of rotatable bonds is 9. The van der Waals surface area contributed by atoms with Gasteiger partial charge < -0.3 is 0 Å². The SMILES string of the molecule is CCCCCCCCCCP(=S)(Cl)Cl. The van der Waals surface area contributed by atoms with Crippen molar-refractivity contribution in [1.29, 1.82) is 0 Å². The summed E-state index contributed by atoms with van der Waals surface area (Å²) in [6, 6.07) is 0. The molecule has 0 aromatic carbocycles. The first-order valence-corrected chi connectivity index (χ1v) is 10.3. The molecule has 0 bridgehead atoms. The zero-order chi connectivity index (χ0) is 10.9. The molecule has 0 saturated heterocycles. The molecule has 0 nitrogen and oxygen atoms in total. The van der Waals surface area contributed by atoms with E-state index in [9.17, 15) is 0 Å². The van der Waals surface area contributed by atoms with E-state index in [2.05, 4.69) is 6.92 Å². The van der Waals surface area contributed by atoms with Crippen LogP contribution in [0.15, 0.2) is 0 Å². The molecular formula is C10H21Cl2PS. The summed E-state index contributed by atoms with van der Waals surface area (Å²) < 4.78 is -1.95. The Morgan fingerprint density at radius 1 is 0.857 bits per heavy atom. The third-order valence-electron chi connectivity index (χ3n) is 2.27. The molecule has 0 heterocycles. The smallest absolute Gasteiger partial charge is 0.0684 e. The van der Waals surface area contributed by atoms with Gasteiger partial charge >= 0.3 is 0 Å². The molecule has 0 aliphatic carbocycles. The fourth-order valence-corrected chi connectivity index (χ4v) is 3.13. The quantitative estimate of drug-likeness (QED) is 0.372. The fraction of sp³-hybridized carbons (Fsp3) is 1.00. The number of hydrogen-bond acceptors (Lipinski definition) is 1. The molecule has 0 atom stereocenters. The van der Waals surface area contributed by atoms with Crippen LogP contribution in [-0.4, -0.2) is 6.16 Å². The predicted octanol–water partition coefficient (Wildman–Crippen LogP) is 5.91. The Bertz CT molecular complexity index is 168. The highest BCUT2D eigenvalue weighted by atomic mass is 35.9. The van der Waals surface area contributed by atoms with Crippen LogP contribution in [0.4, 0.5) is 0 Å². The molecule has 86 valence electrons. The van der Waals surface area contributed by atoms with E-state index in [0.29, 0.717) is 0 Å². The number of hydrogen-bond donors (Lipinski definition) is 0. The lowest BCUT2D eigenvalue weighted by Gasteiger charge is -2.04. The van der Waals surface area contributed by atoms with Crippen molar-refractivity contribution in [1.82, 2.24) is 0 Å². The van der Waals surface area contributed by atoms with Gasteiger partial charge in [-0.1, -0.05) is 86.2 Å². The Kier molecular flexibility index (Phi) is 10.3. The van der Waals surface area contributed by atoms with E-state index in [0.717, 1.165) is 12.6 Å². The third-order valence-corrected chi connectivity index (χ3v) is 4.67. The van der Waals surface area contributed by atoms with Crippen LogP contribution < -0.4 is 0 Å². The molecule has 0 aliphatic heterocycles. The maximum Gasteiger partial charge on any atom is 0.120 e. The van der Waals surface area contributed by atoms with Crippen LogP contribution in [0.1, 0.15) is 58.3 Å². The van der Waals surface area contributed by atoms with Crippen LogP contribution in [-0.2, 0) is 11.8 Å². The summed E-state index contributed by atoms with van der Waals surface area (Å²) in [5, 5.41) is 0. The average Bonchev–Trinajstić information content (AvgIpc) is 2.08. The molecule has 14 heavy (non-hydrogen) atoms. The van der Waals surface area contributed by atoms with Gasteiger partial charge in [0.2, 0.25) is 0 Å². The molecule has 4 heteroatoms. The van der Waals surface area contributed by atoms with Crippen molar-refractivity contribution in [2.24, 2.45) is 0 Å². The first kappa shape index (κ1) is 15.2. The third kappa shape index (κ3) is 13.2. The normalized spacial score (nSPS) is 11.9. The molecule has 0 aliphatic rings. The van der Waals surface area contributed by atoms with Crippen molar-refractivity contribution in [2.45, 2.75) is 58.3 Å². The van der Waals surface area contributed by atoms with Gasteiger partial charge in [-0.2, -0.15) is 0 Å². The first-order chi connectivity index (χ1) is 6.56. The van der Waals surface area contributed by atoms with Crippen molar-refractivity contribution in [2.75, 3.05) is 6.16 Å². The Hall–Kier alpha value is 1.23. The van der Waals surface area contributed by atoms with Gasteiger partial charge in [0.15, 0.2) is 0 Å². The summed E-state index contributed by atoms with van der Waals surface area (Å²) in [6.45, 7) is 2.24. The summed E-state index contributed by atoms with van der Waals surface area (Å²) in [4.78, 5) is 0. The summed E-state index contributed by atoms with van der Waals surface area (Å²) in [7, 11) is 0. The van der Waals surface area contributed by atoms with Gasteiger partial charge in [-0.15, -0.1) is 0 Å². The lowest BCUT2D eigenvalue weighted by molar-refractivity contribution is 0.586. The molecule has 0 spiro atoms. The summed E-state index contributed by atoms with van der Waals surface area (Å²) in [5.41, 5.74) is 0. The minimum Gasteiger partial charge on any atom is -0.0684 e. The second-order valence-electron chi connectivity index (χ2n) is 3.77. The minimum absolute atomic E-state index is 0.848. The van der Waals surface area contributed by atoms with Crippen molar-refractivity contribution in [3.8, 4) is 0 Å². The maximum absolute atomic E-state index is 5.81. The van der Waals surface area contributed by atoms with E-state index in [1.54, 1.807) is 0 Å². The van der Waals surface area contributed by atoms with Gasteiger partial charge in [0, 0.05) is 6.16 Å². The van der Waals surface area contributed by atoms with Crippen LogP contribution in [0, 0.1) is 0 Å². The van der Waals surface area contributed by atoms with Gasteiger partial charge in [-0.3, -0.25) is 0 Å². The van der Waals surface area contributed by atoms with E-state index >= 15 is 0 Å². The van der Waals surface area contributed by atoms with Crippen LogP contribution in [0.5, 0.6) is 0 Å². The summed E-state index contributed by atoms with van der Waals surface area (Å²) in [5.74, 6) is 0. The van der Waals surface area contributed by atoms with Gasteiger partial charge in [0.1, 0.15) is 4.74 Å². The van der Waals surface area contributed by atoms with E-state index in [-0.39, 0.29) is 0 Å². The Balaban J connectivity index is 3.03. The average molecular weight is 275 g/mol. The molecule has 0 N–H and O–H groups in total. The highest BCUT2D eigenvalue weighted by molar-refractivity contribution is 8.39. The molecular weight excluding hydrogens is 254 g/mol. The molecule has 0 unspecified atom stereocenters. The van der Waals surface area contributed by atoms with Gasteiger partial charge in [0.25, 0.3) is 0 Å². The summed E-state index contributed by atoms with van der Waals surface area (Å²) in [6.07, 6.45) is 11.3. The lowest BCUT2D eigenvalue weighted by atomic mass is 10.1. The molecule has 0 aromatic rings. The van der Waals surface area contributed by atoms with Crippen molar-refractivity contribution < 1.29 is 0 Å². The lowest BCUT2D eigenvalue weighted by Crippen LogP contribution is -1.83. The van der Waals surface area contributed by atoms with Crippen LogP contribution >= 0.6 is 27.2 Å². The predicted molar refractivity (Wildman–Crippen MR) is 73.5 cm³/mol. The maximum atomic E-state index is 5.81. The van der Waals surface area contributed by atoms with Crippen molar-refractivity contribution in [3.63, 3.8) is 0 Å². The molecule has 0 fully saturated rings. The van der Waals surface area contributed by atoms with Crippen LogP contribution in [0.3, 0.4) is 0 Å². The molecule has 0 aromatic heterocycles. The molecule has 0 rings (SSSR count). The summed E-state index contributed by atoms with van der Waals surface area (Å²) >= 11 is 16.6. The van der Waals surface area contributed by atoms with Gasteiger partial charge in [-0.25, -0.2) is 0 Å². The van der Waals surface area contributed by atoms with E-state index < -0.39 is 4.74 Å². The first-order valence-electron chi connectivity index (χ1n) is 5.54. The molecule has 0 saturated carbocycles. The number of halogens is 2. The van der Waals surface area contributed by atoms with Crippen molar-refractivity contribution in [3.05, 3.63) is 0 Å². The minimum atomic E-state index is -1.95. The Morgan fingerprint density at radius 2 is 1.29 bits per heavy atom. The Labute approximate surface area is 103 Å². The number of unbranched alkanes of at least 4 members (excludes halogenated alkanes) is 7. The second kappa shape index (κ2) is 9.46. The van der Waals surface area contributed by atoms with Crippen molar-refractivity contribution >= 4 is 39.0 Å². The standard InChI is InChI=1S/C10H21Cl2PS/c1-2-3-4-5-6-7-8-9-10-13(11,12)14/h2-10H2,1H3.